The van der Waals surface area contributed by atoms with Gasteiger partial charge in [0, 0.05) is 30.5 Å². The first-order valence-corrected chi connectivity index (χ1v) is 14.7. The van der Waals surface area contributed by atoms with Crippen molar-refractivity contribution < 1.29 is 38.6 Å². The Morgan fingerprint density at radius 1 is 1.00 bits per heavy atom. The number of amides is 2. The van der Waals surface area contributed by atoms with Crippen LogP contribution in [0, 0.1) is 0 Å². The van der Waals surface area contributed by atoms with E-state index in [9.17, 15) is 24.3 Å². The van der Waals surface area contributed by atoms with Crippen LogP contribution in [0.4, 0.5) is 4.79 Å². The monoisotopic (exact) mass is 613 g/mol. The number of benzene rings is 1. The zero-order valence-electron chi connectivity index (χ0n) is 26.3. The van der Waals surface area contributed by atoms with Crippen molar-refractivity contribution in [2.45, 2.75) is 71.4 Å². The number of hydroxylamine groups is 2. The summed E-state index contributed by atoms with van der Waals surface area (Å²) in [5, 5.41) is 14.2. The molecule has 13 nitrogen and oxygen atoms in total. The SMILES string of the molecule is CCOC(=O)ON1CCN(C(=O)[C@H](CCC(=O)OC(C)(C)C)NC(=O)c2cc(C(C)(C)CO)nc(-c3ccccc3)n2)CC1. The summed E-state index contributed by atoms with van der Waals surface area (Å²) in [4.78, 5) is 67.4. The molecular weight excluding hydrogens is 570 g/mol. The second-order valence-electron chi connectivity index (χ2n) is 12.0. The Kier molecular flexibility index (Phi) is 11.8. The zero-order chi connectivity index (χ0) is 32.5. The maximum atomic E-state index is 13.7. The number of hydrogen-bond donors (Lipinski definition) is 2. The molecule has 44 heavy (non-hydrogen) atoms. The Balaban J connectivity index is 1.84. The molecule has 1 aliphatic rings. The largest absolute Gasteiger partial charge is 0.527 e. The molecule has 0 saturated carbocycles. The lowest BCUT2D eigenvalue weighted by Gasteiger charge is -2.35. The fourth-order valence-corrected chi connectivity index (χ4v) is 4.32. The van der Waals surface area contributed by atoms with Gasteiger partial charge in [-0.25, -0.2) is 14.8 Å². The molecule has 2 heterocycles. The van der Waals surface area contributed by atoms with Gasteiger partial charge in [-0.15, -0.1) is 5.06 Å². The molecule has 0 bridgehead atoms. The number of aromatic nitrogens is 2. The minimum Gasteiger partial charge on any atom is -0.460 e. The molecule has 0 radical (unpaired) electrons. The van der Waals surface area contributed by atoms with Gasteiger partial charge in [-0.1, -0.05) is 44.2 Å². The Bertz CT molecular complexity index is 1300. The van der Waals surface area contributed by atoms with Crippen molar-refractivity contribution in [3.8, 4) is 11.4 Å². The summed E-state index contributed by atoms with van der Waals surface area (Å²) in [5.74, 6) is -1.24. The molecule has 0 spiro atoms. The van der Waals surface area contributed by atoms with E-state index >= 15 is 0 Å². The first-order chi connectivity index (χ1) is 20.7. The summed E-state index contributed by atoms with van der Waals surface area (Å²) in [5.41, 5.74) is -0.345. The summed E-state index contributed by atoms with van der Waals surface area (Å²) >= 11 is 0. The van der Waals surface area contributed by atoms with E-state index in [0.29, 0.717) is 17.1 Å². The lowest BCUT2D eigenvalue weighted by atomic mass is 9.89. The van der Waals surface area contributed by atoms with Gasteiger partial charge in [0.25, 0.3) is 5.91 Å². The minimum atomic E-state index is -1.07. The summed E-state index contributed by atoms with van der Waals surface area (Å²) in [6.07, 6.45) is -0.940. The smallest absolute Gasteiger partial charge is 0.460 e. The number of esters is 1. The molecule has 2 N–H and O–H groups in total. The number of carbonyl (C=O) groups is 4. The van der Waals surface area contributed by atoms with Gasteiger partial charge in [-0.3, -0.25) is 14.4 Å². The quantitative estimate of drug-likeness (QED) is 0.359. The Morgan fingerprint density at radius 3 is 2.25 bits per heavy atom. The highest BCUT2D eigenvalue weighted by atomic mass is 16.8. The molecule has 0 unspecified atom stereocenters. The van der Waals surface area contributed by atoms with E-state index in [0.717, 1.165) is 0 Å². The number of aliphatic hydroxyl groups excluding tert-OH is 1. The topological polar surface area (TPSA) is 160 Å². The van der Waals surface area contributed by atoms with E-state index in [1.807, 2.05) is 30.3 Å². The normalized spacial score (nSPS) is 14.8. The summed E-state index contributed by atoms with van der Waals surface area (Å²) in [7, 11) is 0. The highest BCUT2D eigenvalue weighted by Crippen LogP contribution is 2.25. The van der Waals surface area contributed by atoms with Crippen LogP contribution in [-0.2, 0) is 29.3 Å². The summed E-state index contributed by atoms with van der Waals surface area (Å²) in [6.45, 7) is 11.4. The van der Waals surface area contributed by atoms with Crippen LogP contribution in [-0.4, -0.2) is 100 Å². The number of aliphatic hydroxyl groups is 1. The number of ether oxygens (including phenoxy) is 2. The van der Waals surface area contributed by atoms with Crippen molar-refractivity contribution in [1.82, 2.24) is 25.2 Å². The van der Waals surface area contributed by atoms with Crippen molar-refractivity contribution in [2.24, 2.45) is 0 Å². The lowest BCUT2D eigenvalue weighted by molar-refractivity contribution is -0.158. The van der Waals surface area contributed by atoms with Crippen LogP contribution in [0.2, 0.25) is 0 Å². The zero-order valence-corrected chi connectivity index (χ0v) is 26.3. The number of piperazine rings is 1. The summed E-state index contributed by atoms with van der Waals surface area (Å²) < 4.78 is 10.2. The van der Waals surface area contributed by atoms with Crippen LogP contribution in [0.3, 0.4) is 0 Å². The fourth-order valence-electron chi connectivity index (χ4n) is 4.32. The predicted octanol–water partition coefficient (Wildman–Crippen LogP) is 2.87. The average Bonchev–Trinajstić information content (AvgIpc) is 2.98. The molecule has 1 atom stereocenters. The molecule has 1 aromatic heterocycles. The summed E-state index contributed by atoms with van der Waals surface area (Å²) in [6, 6.07) is 9.55. The number of nitrogens with one attached hydrogen (secondary N) is 1. The molecule has 13 heteroatoms. The van der Waals surface area contributed by atoms with Gasteiger partial charge in [0.1, 0.15) is 17.3 Å². The van der Waals surface area contributed by atoms with Crippen molar-refractivity contribution >= 4 is 23.9 Å². The third-order valence-corrected chi connectivity index (χ3v) is 6.76. The van der Waals surface area contributed by atoms with Gasteiger partial charge in [-0.05, 0) is 40.2 Å². The predicted molar refractivity (Wildman–Crippen MR) is 160 cm³/mol. The van der Waals surface area contributed by atoms with E-state index in [-0.39, 0.29) is 57.9 Å². The molecule has 1 fully saturated rings. The third-order valence-electron chi connectivity index (χ3n) is 6.76. The molecule has 1 aliphatic heterocycles. The van der Waals surface area contributed by atoms with E-state index in [4.69, 9.17) is 14.3 Å². The van der Waals surface area contributed by atoms with Crippen molar-refractivity contribution in [2.75, 3.05) is 39.4 Å². The highest BCUT2D eigenvalue weighted by molar-refractivity contribution is 5.96. The van der Waals surface area contributed by atoms with Crippen LogP contribution < -0.4 is 5.32 Å². The van der Waals surface area contributed by atoms with Crippen LogP contribution in [0.5, 0.6) is 0 Å². The van der Waals surface area contributed by atoms with E-state index < -0.39 is 41.0 Å². The number of nitrogens with zero attached hydrogens (tertiary/aromatic N) is 4. The fraction of sp³-hybridized carbons (Fsp3) is 0.548. The first-order valence-electron chi connectivity index (χ1n) is 14.7. The van der Waals surface area contributed by atoms with Gasteiger partial charge in [-0.2, -0.15) is 0 Å². The van der Waals surface area contributed by atoms with Crippen molar-refractivity contribution in [3.63, 3.8) is 0 Å². The second-order valence-corrected chi connectivity index (χ2v) is 12.0. The van der Waals surface area contributed by atoms with Gasteiger partial charge < -0.3 is 29.6 Å². The van der Waals surface area contributed by atoms with Crippen LogP contribution in [0.15, 0.2) is 36.4 Å². The van der Waals surface area contributed by atoms with Crippen LogP contribution in [0.25, 0.3) is 11.4 Å². The van der Waals surface area contributed by atoms with Crippen molar-refractivity contribution in [1.29, 1.82) is 0 Å². The second kappa shape index (κ2) is 15.1. The van der Waals surface area contributed by atoms with Gasteiger partial charge in [0.05, 0.1) is 32.0 Å². The Hall–Kier alpha value is -4.10. The van der Waals surface area contributed by atoms with Crippen LogP contribution >= 0.6 is 0 Å². The lowest BCUT2D eigenvalue weighted by Crippen LogP contribution is -2.55. The molecule has 2 aromatic rings. The molecule has 0 aliphatic carbocycles. The average molecular weight is 614 g/mol. The van der Waals surface area contributed by atoms with E-state index in [2.05, 4.69) is 15.3 Å². The van der Waals surface area contributed by atoms with E-state index in [1.54, 1.807) is 46.4 Å². The number of rotatable bonds is 11. The molecule has 2 amide bonds. The number of carbonyl (C=O) groups excluding carboxylic acids is 4. The molecule has 1 saturated heterocycles. The number of hydrogen-bond acceptors (Lipinski definition) is 11. The Morgan fingerprint density at radius 2 is 1.66 bits per heavy atom. The van der Waals surface area contributed by atoms with Crippen molar-refractivity contribution in [3.05, 3.63) is 47.8 Å². The molecule has 240 valence electrons. The highest BCUT2D eigenvalue weighted by Gasteiger charge is 2.32. The van der Waals surface area contributed by atoms with Crippen LogP contribution in [0.1, 0.15) is 70.6 Å². The Labute approximate surface area is 257 Å². The van der Waals surface area contributed by atoms with Gasteiger partial charge >= 0.3 is 12.1 Å². The van der Waals surface area contributed by atoms with E-state index in [1.165, 1.54) is 11.1 Å². The molecular formula is C31H43N5O8. The minimum absolute atomic E-state index is 0.00928. The first kappa shape index (κ1) is 34.4. The standard InChI is InChI=1S/C31H43N5O8/c1-7-42-29(41)44-36-17-15-35(16-18-36)28(40)22(13-14-25(38)43-30(2,3)4)33-27(39)23-19-24(31(5,6)20-37)34-26(32-23)21-11-9-8-10-12-21/h8-12,19,22,37H,7,13-18,20H2,1-6H3,(H,33,39)/t22-/m0/s1. The molecule has 1 aromatic carbocycles. The maximum absolute atomic E-state index is 13.7. The third kappa shape index (κ3) is 9.98. The maximum Gasteiger partial charge on any atom is 0.527 e. The van der Waals surface area contributed by atoms with Gasteiger partial charge in [0.15, 0.2) is 5.82 Å². The van der Waals surface area contributed by atoms with Gasteiger partial charge in [0.2, 0.25) is 5.91 Å². The molecule has 3 rings (SSSR count).